The molecule has 0 saturated carbocycles. The third kappa shape index (κ3) is 3.52. The molecular formula is C11H13NS. The van der Waals surface area contributed by atoms with Crippen LogP contribution in [0, 0.1) is 11.3 Å². The van der Waals surface area contributed by atoms with E-state index in [0.29, 0.717) is 6.42 Å². The highest BCUT2D eigenvalue weighted by Gasteiger charge is 2.18. The minimum Gasteiger partial charge on any atom is -0.198 e. The molecule has 13 heavy (non-hydrogen) atoms. The van der Waals surface area contributed by atoms with Crippen LogP contribution in [-0.4, -0.2) is 4.75 Å². The SMILES string of the molecule is CC(C)(CC#N)Sc1ccccc1. The van der Waals surface area contributed by atoms with E-state index in [-0.39, 0.29) is 4.75 Å². The molecule has 0 fully saturated rings. The number of thioether (sulfide) groups is 1. The van der Waals surface area contributed by atoms with Gasteiger partial charge in [0.05, 0.1) is 6.07 Å². The highest BCUT2D eigenvalue weighted by atomic mass is 32.2. The van der Waals surface area contributed by atoms with Gasteiger partial charge in [-0.25, -0.2) is 0 Å². The van der Waals surface area contributed by atoms with Crippen molar-refractivity contribution < 1.29 is 0 Å². The summed E-state index contributed by atoms with van der Waals surface area (Å²) in [5.74, 6) is 0. The summed E-state index contributed by atoms with van der Waals surface area (Å²) in [6, 6.07) is 12.4. The van der Waals surface area contributed by atoms with Crippen molar-refractivity contribution >= 4 is 11.8 Å². The minimum atomic E-state index is 0.0100. The summed E-state index contributed by atoms with van der Waals surface area (Å²) >= 11 is 1.75. The van der Waals surface area contributed by atoms with Crippen molar-refractivity contribution in [2.45, 2.75) is 29.9 Å². The van der Waals surface area contributed by atoms with Crippen LogP contribution in [0.5, 0.6) is 0 Å². The first-order valence-electron chi connectivity index (χ1n) is 4.25. The zero-order chi connectivity index (χ0) is 9.73. The number of hydrogen-bond acceptors (Lipinski definition) is 2. The first-order chi connectivity index (χ1) is 6.14. The van der Waals surface area contributed by atoms with E-state index >= 15 is 0 Å². The lowest BCUT2D eigenvalue weighted by Gasteiger charge is -2.19. The fraction of sp³-hybridized carbons (Fsp3) is 0.364. The Labute approximate surface area is 83.8 Å². The van der Waals surface area contributed by atoms with Crippen LogP contribution in [0.25, 0.3) is 0 Å². The molecule has 1 aromatic carbocycles. The summed E-state index contributed by atoms with van der Waals surface area (Å²) in [5, 5.41) is 8.62. The zero-order valence-corrected chi connectivity index (χ0v) is 8.77. The van der Waals surface area contributed by atoms with E-state index in [1.54, 1.807) is 11.8 Å². The Morgan fingerprint density at radius 1 is 1.31 bits per heavy atom. The van der Waals surface area contributed by atoms with Gasteiger partial charge in [-0.15, -0.1) is 11.8 Å². The molecule has 0 saturated heterocycles. The fourth-order valence-corrected chi connectivity index (χ4v) is 2.10. The zero-order valence-electron chi connectivity index (χ0n) is 7.95. The van der Waals surface area contributed by atoms with Crippen molar-refractivity contribution in [3.8, 4) is 6.07 Å². The number of nitriles is 1. The van der Waals surface area contributed by atoms with Crippen LogP contribution in [0.2, 0.25) is 0 Å². The van der Waals surface area contributed by atoms with Crippen LogP contribution in [-0.2, 0) is 0 Å². The van der Waals surface area contributed by atoms with Crippen molar-refractivity contribution in [2.75, 3.05) is 0 Å². The predicted molar refractivity (Wildman–Crippen MR) is 56.6 cm³/mol. The molecule has 1 aromatic rings. The van der Waals surface area contributed by atoms with Gasteiger partial charge in [0, 0.05) is 16.1 Å². The van der Waals surface area contributed by atoms with Crippen LogP contribution in [0.15, 0.2) is 35.2 Å². The lowest BCUT2D eigenvalue weighted by Crippen LogP contribution is -2.12. The summed E-state index contributed by atoms with van der Waals surface area (Å²) in [6.07, 6.45) is 0.576. The molecule has 0 aliphatic carbocycles. The largest absolute Gasteiger partial charge is 0.198 e. The van der Waals surface area contributed by atoms with E-state index in [0.717, 1.165) is 0 Å². The van der Waals surface area contributed by atoms with Gasteiger partial charge >= 0.3 is 0 Å². The standard InChI is InChI=1S/C11H13NS/c1-11(2,8-9-12)13-10-6-4-3-5-7-10/h3-7H,8H2,1-2H3. The van der Waals surface area contributed by atoms with Crippen LogP contribution in [0.1, 0.15) is 20.3 Å². The van der Waals surface area contributed by atoms with Gasteiger partial charge in [0.25, 0.3) is 0 Å². The molecule has 0 radical (unpaired) electrons. The van der Waals surface area contributed by atoms with Gasteiger partial charge in [-0.1, -0.05) is 18.2 Å². The smallest absolute Gasteiger partial charge is 0.0636 e. The minimum absolute atomic E-state index is 0.0100. The summed E-state index contributed by atoms with van der Waals surface area (Å²) in [6.45, 7) is 4.18. The van der Waals surface area contributed by atoms with Crippen molar-refractivity contribution in [3.63, 3.8) is 0 Å². The topological polar surface area (TPSA) is 23.8 Å². The number of benzene rings is 1. The van der Waals surface area contributed by atoms with Gasteiger partial charge < -0.3 is 0 Å². The van der Waals surface area contributed by atoms with Gasteiger partial charge in [0.2, 0.25) is 0 Å². The fourth-order valence-electron chi connectivity index (χ4n) is 1.03. The Hall–Kier alpha value is -0.940. The lowest BCUT2D eigenvalue weighted by molar-refractivity contribution is 0.733. The van der Waals surface area contributed by atoms with Gasteiger partial charge in [-0.3, -0.25) is 0 Å². The highest BCUT2D eigenvalue weighted by Crippen LogP contribution is 2.34. The molecule has 0 spiro atoms. The van der Waals surface area contributed by atoms with Crippen LogP contribution >= 0.6 is 11.8 Å². The molecular weight excluding hydrogens is 178 g/mol. The molecule has 2 heteroatoms. The quantitative estimate of drug-likeness (QED) is 0.683. The molecule has 0 aliphatic rings. The normalized spacial score (nSPS) is 10.8. The van der Waals surface area contributed by atoms with Gasteiger partial charge in [0.15, 0.2) is 0 Å². The third-order valence-electron chi connectivity index (χ3n) is 1.64. The highest BCUT2D eigenvalue weighted by molar-refractivity contribution is 8.00. The number of nitrogens with zero attached hydrogens (tertiary/aromatic N) is 1. The van der Waals surface area contributed by atoms with E-state index in [2.05, 4.69) is 32.0 Å². The predicted octanol–water partition coefficient (Wildman–Crippen LogP) is 3.47. The van der Waals surface area contributed by atoms with Crippen molar-refractivity contribution in [3.05, 3.63) is 30.3 Å². The Bertz CT molecular complexity index is 298. The molecule has 0 unspecified atom stereocenters. The Kier molecular flexibility index (Phi) is 3.39. The maximum atomic E-state index is 8.62. The van der Waals surface area contributed by atoms with Gasteiger partial charge in [-0.05, 0) is 26.0 Å². The van der Waals surface area contributed by atoms with Crippen LogP contribution < -0.4 is 0 Å². The first kappa shape index (κ1) is 10.1. The maximum absolute atomic E-state index is 8.62. The Morgan fingerprint density at radius 2 is 1.92 bits per heavy atom. The molecule has 0 atom stereocenters. The van der Waals surface area contributed by atoms with E-state index in [4.69, 9.17) is 5.26 Å². The average Bonchev–Trinajstić information content (AvgIpc) is 2.04. The van der Waals surface area contributed by atoms with Crippen LogP contribution in [0.4, 0.5) is 0 Å². The second-order valence-corrected chi connectivity index (χ2v) is 5.29. The molecule has 1 rings (SSSR count). The van der Waals surface area contributed by atoms with E-state index < -0.39 is 0 Å². The molecule has 68 valence electrons. The average molecular weight is 191 g/mol. The monoisotopic (exact) mass is 191 g/mol. The lowest BCUT2D eigenvalue weighted by atomic mass is 10.1. The number of rotatable bonds is 3. The second kappa shape index (κ2) is 4.34. The first-order valence-corrected chi connectivity index (χ1v) is 5.07. The summed E-state index contributed by atoms with van der Waals surface area (Å²) in [7, 11) is 0. The summed E-state index contributed by atoms with van der Waals surface area (Å²) < 4.78 is 0.0100. The van der Waals surface area contributed by atoms with Gasteiger partial charge in [0.1, 0.15) is 0 Å². The molecule has 1 nitrogen and oxygen atoms in total. The van der Waals surface area contributed by atoms with E-state index in [9.17, 15) is 0 Å². The molecule has 0 N–H and O–H groups in total. The van der Waals surface area contributed by atoms with E-state index in [1.165, 1.54) is 4.90 Å². The molecule has 0 aliphatic heterocycles. The molecule has 0 bridgehead atoms. The van der Waals surface area contributed by atoms with Crippen LogP contribution in [0.3, 0.4) is 0 Å². The summed E-state index contributed by atoms with van der Waals surface area (Å²) in [5.41, 5.74) is 0. The Morgan fingerprint density at radius 3 is 2.46 bits per heavy atom. The summed E-state index contributed by atoms with van der Waals surface area (Å²) in [4.78, 5) is 1.22. The van der Waals surface area contributed by atoms with Gasteiger partial charge in [-0.2, -0.15) is 5.26 Å². The second-order valence-electron chi connectivity index (χ2n) is 3.51. The van der Waals surface area contributed by atoms with E-state index in [1.807, 2.05) is 18.2 Å². The van der Waals surface area contributed by atoms with Crippen molar-refractivity contribution in [1.82, 2.24) is 0 Å². The molecule has 0 amide bonds. The van der Waals surface area contributed by atoms with Crippen molar-refractivity contribution in [1.29, 1.82) is 5.26 Å². The molecule has 0 aromatic heterocycles. The number of hydrogen-bond donors (Lipinski definition) is 0. The van der Waals surface area contributed by atoms with Crippen molar-refractivity contribution in [2.24, 2.45) is 0 Å². The maximum Gasteiger partial charge on any atom is 0.0636 e. The molecule has 0 heterocycles. The third-order valence-corrected chi connectivity index (χ3v) is 2.85. The Balaban J connectivity index is 2.65.